The number of halogens is 1. The second-order valence-corrected chi connectivity index (χ2v) is 9.29. The van der Waals surface area contributed by atoms with E-state index in [-0.39, 0.29) is 22.1 Å². The van der Waals surface area contributed by atoms with Gasteiger partial charge in [-0.3, -0.25) is 10.2 Å². The van der Waals surface area contributed by atoms with Gasteiger partial charge in [-0.15, -0.1) is 0 Å². The number of phenolic OH excluding ortho intramolecular Hbond substituents is 1. The summed E-state index contributed by atoms with van der Waals surface area (Å²) in [4.78, 5) is 12.6. The first kappa shape index (κ1) is 30.7. The summed E-state index contributed by atoms with van der Waals surface area (Å²) in [5.41, 5.74) is 9.27. The Kier molecular flexibility index (Phi) is 12.2. The molecule has 0 radical (unpaired) electrons. The number of carbonyl (C=O) groups is 1. The van der Waals surface area contributed by atoms with E-state index in [4.69, 9.17) is 21.1 Å². The Morgan fingerprint density at radius 1 is 1.00 bits per heavy atom. The van der Waals surface area contributed by atoms with Crippen molar-refractivity contribution in [2.45, 2.75) is 54.1 Å². The summed E-state index contributed by atoms with van der Waals surface area (Å²) in [5.74, 6) is 0.969. The number of ether oxygens (including phenoxy) is 2. The molecule has 0 aromatic heterocycles. The molecule has 0 saturated heterocycles. The summed E-state index contributed by atoms with van der Waals surface area (Å²) in [5, 5.41) is 11.8. The standard InChI is InChI=1S/C29H33ClN2O4.C2H6/c1-18(2)22-12-10-21(11-13-22)17-36-20(4)24-9-7-6-8-23(24)19(3)16-31-32-29(34)25-14-26(30)27(33)15-28(25)35-5;1-2/h6-15,18,31,33H,16-17H2,1-5H3,(H,32,34);1-2H3/b23-19+,24-20+;. The predicted octanol–water partition coefficient (Wildman–Crippen LogP) is 5.65. The van der Waals surface area contributed by atoms with Crippen LogP contribution in [0.1, 0.15) is 68.9 Å². The maximum atomic E-state index is 12.6. The van der Waals surface area contributed by atoms with E-state index in [0.29, 0.717) is 19.1 Å². The van der Waals surface area contributed by atoms with Crippen molar-refractivity contribution in [3.8, 4) is 11.5 Å². The smallest absolute Gasteiger partial charge is 0.269 e. The molecule has 0 bridgehead atoms. The maximum absolute atomic E-state index is 12.6. The van der Waals surface area contributed by atoms with Crippen molar-refractivity contribution >= 4 is 28.8 Å². The molecule has 0 aliphatic carbocycles. The highest BCUT2D eigenvalue weighted by molar-refractivity contribution is 6.32. The van der Waals surface area contributed by atoms with Crippen molar-refractivity contribution in [2.24, 2.45) is 0 Å². The minimum atomic E-state index is -0.426. The van der Waals surface area contributed by atoms with E-state index in [2.05, 4.69) is 49.0 Å². The number of amides is 1. The second-order valence-electron chi connectivity index (χ2n) is 8.88. The average molecular weight is 539 g/mol. The van der Waals surface area contributed by atoms with Gasteiger partial charge in [-0.1, -0.05) is 87.8 Å². The third-order valence-corrected chi connectivity index (χ3v) is 6.24. The highest BCUT2D eigenvalue weighted by atomic mass is 35.5. The zero-order valence-corrected chi connectivity index (χ0v) is 24.1. The molecule has 3 aromatic carbocycles. The highest BCUT2D eigenvalue weighted by Crippen LogP contribution is 2.31. The highest BCUT2D eigenvalue weighted by Gasteiger charge is 2.15. The number of rotatable bonds is 9. The summed E-state index contributed by atoms with van der Waals surface area (Å²) in [6, 6.07) is 19.2. The van der Waals surface area contributed by atoms with E-state index >= 15 is 0 Å². The molecule has 0 fully saturated rings. The first-order valence-corrected chi connectivity index (χ1v) is 13.2. The van der Waals surface area contributed by atoms with Crippen LogP contribution in [0.2, 0.25) is 5.02 Å². The molecule has 0 aliphatic rings. The molecule has 7 heteroatoms. The number of nitrogens with one attached hydrogen (secondary N) is 2. The molecule has 0 unspecified atom stereocenters. The summed E-state index contributed by atoms with van der Waals surface area (Å²) in [6.07, 6.45) is 0. The van der Waals surface area contributed by atoms with Gasteiger partial charge in [-0.25, -0.2) is 5.43 Å². The predicted molar refractivity (Wildman–Crippen MR) is 156 cm³/mol. The summed E-state index contributed by atoms with van der Waals surface area (Å²) in [7, 11) is 1.42. The zero-order chi connectivity index (χ0) is 28.2. The molecule has 3 aromatic rings. The van der Waals surface area contributed by atoms with Gasteiger partial charge in [0.15, 0.2) is 0 Å². The van der Waals surface area contributed by atoms with Crippen molar-refractivity contribution in [1.82, 2.24) is 10.9 Å². The van der Waals surface area contributed by atoms with Crippen molar-refractivity contribution < 1.29 is 19.4 Å². The summed E-state index contributed by atoms with van der Waals surface area (Å²) in [6.45, 7) is 13.2. The molecule has 6 nitrogen and oxygen atoms in total. The number of hydrogen-bond acceptors (Lipinski definition) is 5. The van der Waals surface area contributed by atoms with E-state index < -0.39 is 5.91 Å². The lowest BCUT2D eigenvalue weighted by Crippen LogP contribution is -2.40. The molecule has 1 amide bonds. The maximum Gasteiger partial charge on any atom is 0.269 e. The van der Waals surface area contributed by atoms with Crippen LogP contribution in [0, 0.1) is 0 Å². The van der Waals surface area contributed by atoms with Gasteiger partial charge >= 0.3 is 0 Å². The van der Waals surface area contributed by atoms with Gasteiger partial charge in [0.25, 0.3) is 5.91 Å². The molecular formula is C31H39ClN2O4. The number of methoxy groups -OCH3 is 1. The van der Waals surface area contributed by atoms with Gasteiger partial charge in [0.2, 0.25) is 0 Å². The quantitative estimate of drug-likeness (QED) is 0.307. The first-order chi connectivity index (χ1) is 18.2. The van der Waals surface area contributed by atoms with Crippen LogP contribution in [-0.4, -0.2) is 24.7 Å². The number of aromatic hydroxyl groups is 1. The van der Waals surface area contributed by atoms with Crippen molar-refractivity contribution in [3.63, 3.8) is 0 Å². The minimum absolute atomic E-state index is 0.0690. The number of hydrazine groups is 1. The summed E-state index contributed by atoms with van der Waals surface area (Å²) >= 11 is 5.96. The van der Waals surface area contributed by atoms with Gasteiger partial charge in [-0.2, -0.15) is 0 Å². The Morgan fingerprint density at radius 3 is 2.24 bits per heavy atom. The Balaban J connectivity index is 0.00000247. The fraction of sp³-hybridized carbons (Fsp3) is 0.323. The van der Waals surface area contributed by atoms with Gasteiger partial charge in [0.1, 0.15) is 23.9 Å². The number of phenols is 1. The lowest BCUT2D eigenvalue weighted by molar-refractivity contribution is 0.0932. The molecule has 0 spiro atoms. The first-order valence-electron chi connectivity index (χ1n) is 12.8. The lowest BCUT2D eigenvalue weighted by Gasteiger charge is -2.12. The van der Waals surface area contributed by atoms with Crippen molar-refractivity contribution in [3.05, 3.63) is 92.8 Å². The van der Waals surface area contributed by atoms with Crippen LogP contribution in [0.15, 0.2) is 60.7 Å². The number of hydrogen-bond donors (Lipinski definition) is 3. The normalized spacial score (nSPS) is 12.2. The largest absolute Gasteiger partial charge is 0.506 e. The Labute approximate surface area is 230 Å². The van der Waals surface area contributed by atoms with E-state index in [0.717, 1.165) is 27.3 Å². The monoisotopic (exact) mass is 538 g/mol. The van der Waals surface area contributed by atoms with E-state index in [1.165, 1.54) is 24.8 Å². The van der Waals surface area contributed by atoms with E-state index in [1.54, 1.807) is 0 Å². The van der Waals surface area contributed by atoms with E-state index in [9.17, 15) is 9.90 Å². The minimum Gasteiger partial charge on any atom is -0.506 e. The van der Waals surface area contributed by atoms with Crippen LogP contribution in [0.25, 0.3) is 11.3 Å². The zero-order valence-electron chi connectivity index (χ0n) is 23.3. The van der Waals surface area contributed by atoms with Gasteiger partial charge in [0.05, 0.1) is 17.7 Å². The van der Waals surface area contributed by atoms with Gasteiger partial charge in [0, 0.05) is 17.8 Å². The molecule has 0 saturated carbocycles. The molecule has 0 atom stereocenters. The van der Waals surface area contributed by atoms with Gasteiger partial charge < -0.3 is 14.6 Å². The Hall–Kier alpha value is -3.48. The molecule has 3 rings (SSSR count). The fourth-order valence-electron chi connectivity index (χ4n) is 3.74. The molecular weight excluding hydrogens is 500 g/mol. The Bertz CT molecular complexity index is 1330. The van der Waals surface area contributed by atoms with Crippen LogP contribution in [0.3, 0.4) is 0 Å². The number of carbonyl (C=O) groups excluding carboxylic acids is 1. The average Bonchev–Trinajstić information content (AvgIpc) is 2.94. The molecule has 3 N–H and O–H groups in total. The third kappa shape index (κ3) is 8.27. The Morgan fingerprint density at radius 2 is 1.63 bits per heavy atom. The SMILES string of the molecule is CC.COc1cc(O)c(Cl)cc1C(=O)NNC/C(C)=c1\cccc\c1=C(\C)OCc1ccc(C(C)C)cc1. The number of benzene rings is 3. The molecule has 38 heavy (non-hydrogen) atoms. The van der Waals surface area contributed by atoms with Crippen LogP contribution >= 0.6 is 11.6 Å². The molecule has 0 heterocycles. The van der Waals surface area contributed by atoms with Crippen LogP contribution in [0.4, 0.5) is 0 Å². The van der Waals surface area contributed by atoms with Crippen molar-refractivity contribution in [2.75, 3.05) is 13.7 Å². The van der Waals surface area contributed by atoms with Gasteiger partial charge in [-0.05, 0) is 47.8 Å². The summed E-state index contributed by atoms with van der Waals surface area (Å²) < 4.78 is 11.3. The van der Waals surface area contributed by atoms with E-state index in [1.807, 2.05) is 52.0 Å². The van der Waals surface area contributed by atoms with Crippen LogP contribution < -0.4 is 26.0 Å². The lowest BCUT2D eigenvalue weighted by atomic mass is 10.0. The topological polar surface area (TPSA) is 79.8 Å². The molecule has 0 aliphatic heterocycles. The van der Waals surface area contributed by atoms with Crippen LogP contribution in [0.5, 0.6) is 11.5 Å². The fourth-order valence-corrected chi connectivity index (χ4v) is 3.90. The third-order valence-electron chi connectivity index (χ3n) is 5.94. The molecule has 204 valence electrons. The van der Waals surface area contributed by atoms with Crippen molar-refractivity contribution in [1.29, 1.82) is 0 Å². The second kappa shape index (κ2) is 15.1. The van der Waals surface area contributed by atoms with Crippen LogP contribution in [-0.2, 0) is 11.3 Å².